The zero-order valence-corrected chi connectivity index (χ0v) is 17.7. The number of piperidine rings is 1. The number of piperazine rings is 1. The fourth-order valence-corrected chi connectivity index (χ4v) is 4.87. The Morgan fingerprint density at radius 1 is 1.21 bits per heavy atom. The first kappa shape index (κ1) is 22.6. The van der Waals surface area contributed by atoms with E-state index >= 15 is 0 Å². The van der Waals surface area contributed by atoms with Crippen LogP contribution in [0, 0.1) is 5.41 Å². The first-order chi connectivity index (χ1) is 12.6. The van der Waals surface area contributed by atoms with Crippen LogP contribution in [0.4, 0.5) is 0 Å². The van der Waals surface area contributed by atoms with E-state index in [4.69, 9.17) is 5.73 Å². The van der Waals surface area contributed by atoms with Gasteiger partial charge in [0.2, 0.25) is 15.9 Å². The van der Waals surface area contributed by atoms with Crippen LogP contribution in [-0.2, 0) is 14.8 Å². The van der Waals surface area contributed by atoms with Crippen molar-refractivity contribution in [2.24, 2.45) is 11.1 Å². The van der Waals surface area contributed by atoms with Crippen molar-refractivity contribution in [1.82, 2.24) is 14.5 Å². The molecular weight excluding hydrogens is 404 g/mol. The fraction of sp³-hybridized carbons (Fsp3) is 0.556. The number of nitrogens with zero attached hydrogens (tertiary/aromatic N) is 2. The predicted molar refractivity (Wildman–Crippen MR) is 108 cm³/mol. The third-order valence-electron chi connectivity index (χ3n) is 5.34. The van der Waals surface area contributed by atoms with Crippen molar-refractivity contribution in [2.45, 2.75) is 31.2 Å². The summed E-state index contributed by atoms with van der Waals surface area (Å²) in [6, 6.07) is 5.96. The largest absolute Gasteiger partial charge is 0.354 e. The Kier molecular flexibility index (Phi) is 6.75. The highest BCUT2D eigenvalue weighted by Gasteiger charge is 2.36. The van der Waals surface area contributed by atoms with Crippen LogP contribution in [0.25, 0.3) is 0 Å². The number of nitrogens with two attached hydrogens (primary N) is 1. The number of benzene rings is 1. The highest BCUT2D eigenvalue weighted by atomic mass is 35.5. The Morgan fingerprint density at radius 2 is 1.86 bits per heavy atom. The van der Waals surface area contributed by atoms with Crippen LogP contribution in [0.5, 0.6) is 0 Å². The standard InChI is InChI=1S/C18H26N4O4S.ClH/c1-18(2)12-21(9-7-15(18)19)17(24)13-3-5-14(6-4-13)27(25,26)22-10-8-20-16(23)11-22;/h3-6,15H,7-12,19H2,1-2H3,(H,20,23);1H. The van der Waals surface area contributed by atoms with E-state index < -0.39 is 10.0 Å². The summed E-state index contributed by atoms with van der Waals surface area (Å²) in [6.45, 7) is 5.58. The molecule has 0 bridgehead atoms. The summed E-state index contributed by atoms with van der Waals surface area (Å²) in [4.78, 5) is 26.1. The van der Waals surface area contributed by atoms with Crippen molar-refractivity contribution in [3.8, 4) is 0 Å². The van der Waals surface area contributed by atoms with Crippen molar-refractivity contribution < 1.29 is 18.0 Å². The summed E-state index contributed by atoms with van der Waals surface area (Å²) in [5.41, 5.74) is 6.40. The first-order valence-electron chi connectivity index (χ1n) is 9.03. The number of nitrogens with one attached hydrogen (secondary N) is 1. The lowest BCUT2D eigenvalue weighted by molar-refractivity contribution is -0.122. The Balaban J connectivity index is 0.00000280. The molecule has 2 heterocycles. The highest BCUT2D eigenvalue weighted by molar-refractivity contribution is 7.89. The fourth-order valence-electron chi connectivity index (χ4n) is 3.47. The van der Waals surface area contributed by atoms with E-state index in [2.05, 4.69) is 5.32 Å². The topological polar surface area (TPSA) is 113 Å². The van der Waals surface area contributed by atoms with Gasteiger partial charge in [0.15, 0.2) is 0 Å². The SMILES string of the molecule is CC1(C)CN(C(=O)c2ccc(S(=O)(=O)N3CCNC(=O)C3)cc2)CCC1N.Cl. The number of carbonyl (C=O) groups excluding carboxylic acids is 2. The molecule has 2 aliphatic rings. The summed E-state index contributed by atoms with van der Waals surface area (Å²) in [6.07, 6.45) is 0.738. The van der Waals surface area contributed by atoms with Gasteiger partial charge in [-0.15, -0.1) is 12.4 Å². The van der Waals surface area contributed by atoms with E-state index in [1.165, 1.54) is 24.3 Å². The molecule has 0 saturated carbocycles. The van der Waals surface area contributed by atoms with Crippen LogP contribution < -0.4 is 11.1 Å². The summed E-state index contributed by atoms with van der Waals surface area (Å²) in [5.74, 6) is -0.446. The van der Waals surface area contributed by atoms with Gasteiger partial charge >= 0.3 is 0 Å². The average Bonchev–Trinajstić information content (AvgIpc) is 2.63. The molecule has 2 saturated heterocycles. The quantitative estimate of drug-likeness (QED) is 0.721. The maximum atomic E-state index is 12.8. The average molecular weight is 431 g/mol. The molecule has 2 aliphatic heterocycles. The summed E-state index contributed by atoms with van der Waals surface area (Å²) >= 11 is 0. The van der Waals surface area contributed by atoms with E-state index in [0.717, 1.165) is 10.7 Å². The number of rotatable bonds is 3. The van der Waals surface area contributed by atoms with Gasteiger partial charge in [-0.1, -0.05) is 13.8 Å². The van der Waals surface area contributed by atoms with Gasteiger partial charge in [0, 0.05) is 37.8 Å². The number of amides is 2. The van der Waals surface area contributed by atoms with E-state index in [9.17, 15) is 18.0 Å². The molecule has 2 fully saturated rings. The van der Waals surface area contributed by atoms with Gasteiger partial charge in [-0.05, 0) is 36.1 Å². The molecule has 8 nitrogen and oxygen atoms in total. The molecule has 156 valence electrons. The van der Waals surface area contributed by atoms with E-state index in [1.54, 1.807) is 4.90 Å². The van der Waals surface area contributed by atoms with Gasteiger partial charge in [0.05, 0.1) is 11.4 Å². The molecule has 28 heavy (non-hydrogen) atoms. The lowest BCUT2D eigenvalue weighted by Crippen LogP contribution is -2.54. The molecule has 0 radical (unpaired) electrons. The molecule has 1 aromatic carbocycles. The number of likely N-dealkylation sites (tertiary alicyclic amines) is 1. The number of hydrogen-bond acceptors (Lipinski definition) is 5. The molecular formula is C18H27ClN4O4S. The molecule has 10 heteroatoms. The van der Waals surface area contributed by atoms with Crippen molar-refractivity contribution in [3.05, 3.63) is 29.8 Å². The predicted octanol–water partition coefficient (Wildman–Crippen LogP) is 0.428. The molecule has 1 unspecified atom stereocenters. The molecule has 0 aromatic heterocycles. The number of carbonyl (C=O) groups is 2. The molecule has 1 aromatic rings. The van der Waals surface area contributed by atoms with Crippen molar-refractivity contribution in [3.63, 3.8) is 0 Å². The van der Waals surface area contributed by atoms with Crippen LogP contribution in [0.1, 0.15) is 30.6 Å². The van der Waals surface area contributed by atoms with Crippen molar-refractivity contribution in [1.29, 1.82) is 0 Å². The number of hydrogen-bond donors (Lipinski definition) is 2. The van der Waals surface area contributed by atoms with Crippen LogP contribution in [0.3, 0.4) is 0 Å². The normalized spacial score (nSPS) is 22.9. The van der Waals surface area contributed by atoms with E-state index in [-0.39, 0.29) is 53.7 Å². The monoisotopic (exact) mass is 430 g/mol. The van der Waals surface area contributed by atoms with Crippen LogP contribution in [0.15, 0.2) is 29.2 Å². The lowest BCUT2D eigenvalue weighted by Gasteiger charge is -2.42. The maximum Gasteiger partial charge on any atom is 0.253 e. The molecule has 1 atom stereocenters. The van der Waals surface area contributed by atoms with Gasteiger partial charge in [-0.25, -0.2) is 8.42 Å². The number of sulfonamides is 1. The Labute approximate surface area is 171 Å². The molecule has 0 aliphatic carbocycles. The second-order valence-corrected chi connectivity index (χ2v) is 9.76. The summed E-state index contributed by atoms with van der Waals surface area (Å²) in [7, 11) is -3.76. The van der Waals surface area contributed by atoms with E-state index in [0.29, 0.717) is 25.2 Å². The zero-order chi connectivity index (χ0) is 19.8. The Hall–Kier alpha value is -1.68. The smallest absolute Gasteiger partial charge is 0.253 e. The van der Waals surface area contributed by atoms with Gasteiger partial charge in [0.1, 0.15) is 0 Å². The van der Waals surface area contributed by atoms with Gasteiger partial charge in [0.25, 0.3) is 5.91 Å². The molecule has 3 N–H and O–H groups in total. The minimum absolute atomic E-state index is 0. The van der Waals surface area contributed by atoms with Crippen LogP contribution in [-0.4, -0.2) is 68.2 Å². The summed E-state index contributed by atoms with van der Waals surface area (Å²) < 4.78 is 26.5. The van der Waals surface area contributed by atoms with Gasteiger partial charge < -0.3 is 16.0 Å². The minimum Gasteiger partial charge on any atom is -0.354 e. The Bertz CT molecular complexity index is 842. The van der Waals surface area contributed by atoms with Gasteiger partial charge in [-0.2, -0.15) is 4.31 Å². The second kappa shape index (κ2) is 8.36. The van der Waals surface area contributed by atoms with E-state index in [1.807, 2.05) is 13.8 Å². The van der Waals surface area contributed by atoms with Gasteiger partial charge in [-0.3, -0.25) is 9.59 Å². The third-order valence-corrected chi connectivity index (χ3v) is 7.20. The van der Waals surface area contributed by atoms with Crippen molar-refractivity contribution in [2.75, 3.05) is 32.7 Å². The first-order valence-corrected chi connectivity index (χ1v) is 10.5. The van der Waals surface area contributed by atoms with Crippen LogP contribution >= 0.6 is 12.4 Å². The van der Waals surface area contributed by atoms with Crippen LogP contribution in [0.2, 0.25) is 0 Å². The molecule has 0 spiro atoms. The zero-order valence-electron chi connectivity index (χ0n) is 16.1. The summed E-state index contributed by atoms with van der Waals surface area (Å²) in [5, 5.41) is 2.60. The Morgan fingerprint density at radius 3 is 2.43 bits per heavy atom. The third kappa shape index (κ3) is 4.48. The maximum absolute atomic E-state index is 12.8. The number of halogens is 1. The molecule has 3 rings (SSSR count). The lowest BCUT2D eigenvalue weighted by atomic mass is 9.79. The molecule has 2 amide bonds. The van der Waals surface area contributed by atoms with Crippen molar-refractivity contribution >= 4 is 34.2 Å². The second-order valence-electron chi connectivity index (χ2n) is 7.82. The highest BCUT2D eigenvalue weighted by Crippen LogP contribution is 2.28. The minimum atomic E-state index is -3.76.